The molecule has 1 aliphatic heterocycles. The molecule has 6 nitrogen and oxygen atoms in total. The molecule has 0 amide bonds. The van der Waals surface area contributed by atoms with E-state index in [1.165, 1.54) is 0 Å². The molecule has 0 spiro atoms. The largest absolute Gasteiger partial charge is 0.391 e. The van der Waals surface area contributed by atoms with Crippen molar-refractivity contribution in [2.45, 2.75) is 25.4 Å². The monoisotopic (exact) mass is 363 g/mol. The molecule has 0 bridgehead atoms. The van der Waals surface area contributed by atoms with Gasteiger partial charge in [0.05, 0.1) is 11.6 Å². The summed E-state index contributed by atoms with van der Waals surface area (Å²) in [6.45, 7) is 1.52. The Labute approximate surface area is 159 Å². The van der Waals surface area contributed by atoms with Gasteiger partial charge in [-0.05, 0) is 37.1 Å². The predicted molar refractivity (Wildman–Crippen MR) is 108 cm³/mol. The molecule has 3 aromatic rings. The van der Waals surface area contributed by atoms with Crippen LogP contribution in [0, 0.1) is 0 Å². The van der Waals surface area contributed by atoms with Gasteiger partial charge in [0.1, 0.15) is 17.5 Å². The van der Waals surface area contributed by atoms with Gasteiger partial charge in [-0.25, -0.2) is 15.0 Å². The standard InChI is InChI=1S/C21H25N5O/c1-25(2)21-17-7-3-4-8-18(17)23-19(24-21)11-10-15-6-5-9-20(22-15)26-13-12-16(27)14-26/h3-9,16,27H,10-14H2,1-2H3. The number of rotatable bonds is 5. The molecule has 2 aromatic heterocycles. The minimum Gasteiger partial charge on any atom is -0.391 e. The Bertz CT molecular complexity index is 943. The molecule has 140 valence electrons. The number of fused-ring (bicyclic) bond motifs is 1. The Hall–Kier alpha value is -2.73. The van der Waals surface area contributed by atoms with Gasteiger partial charge in [-0.15, -0.1) is 0 Å². The molecule has 1 aromatic carbocycles. The van der Waals surface area contributed by atoms with Crippen molar-refractivity contribution in [3.8, 4) is 0 Å². The Kier molecular flexibility index (Phi) is 4.90. The van der Waals surface area contributed by atoms with Crippen LogP contribution in [0.4, 0.5) is 11.6 Å². The minimum absolute atomic E-state index is 0.245. The number of nitrogens with zero attached hydrogens (tertiary/aromatic N) is 5. The van der Waals surface area contributed by atoms with Gasteiger partial charge in [-0.3, -0.25) is 0 Å². The molecule has 27 heavy (non-hydrogen) atoms. The molecule has 6 heteroatoms. The van der Waals surface area contributed by atoms with Crippen molar-refractivity contribution in [1.82, 2.24) is 15.0 Å². The molecule has 1 aliphatic rings. The van der Waals surface area contributed by atoms with E-state index in [1.54, 1.807) is 0 Å². The van der Waals surface area contributed by atoms with Crippen LogP contribution in [-0.4, -0.2) is 53.3 Å². The van der Waals surface area contributed by atoms with Gasteiger partial charge in [-0.1, -0.05) is 18.2 Å². The maximum Gasteiger partial charge on any atom is 0.139 e. The fraction of sp³-hybridized carbons (Fsp3) is 0.381. The first kappa shape index (κ1) is 17.7. The maximum atomic E-state index is 9.75. The van der Waals surface area contributed by atoms with E-state index in [0.717, 1.165) is 59.9 Å². The van der Waals surface area contributed by atoms with Crippen LogP contribution < -0.4 is 9.80 Å². The second kappa shape index (κ2) is 7.48. The van der Waals surface area contributed by atoms with Gasteiger partial charge in [0.25, 0.3) is 0 Å². The number of hydrogen-bond donors (Lipinski definition) is 1. The first-order valence-electron chi connectivity index (χ1n) is 9.42. The van der Waals surface area contributed by atoms with Crippen LogP contribution >= 0.6 is 0 Å². The average molecular weight is 363 g/mol. The van der Waals surface area contributed by atoms with Crippen LogP contribution in [0.25, 0.3) is 10.9 Å². The van der Waals surface area contributed by atoms with Gasteiger partial charge in [-0.2, -0.15) is 0 Å². The smallest absolute Gasteiger partial charge is 0.139 e. The van der Waals surface area contributed by atoms with E-state index in [9.17, 15) is 5.11 Å². The summed E-state index contributed by atoms with van der Waals surface area (Å²) in [5, 5.41) is 10.8. The quantitative estimate of drug-likeness (QED) is 0.751. The lowest BCUT2D eigenvalue weighted by atomic mass is 10.2. The van der Waals surface area contributed by atoms with Gasteiger partial charge in [0.15, 0.2) is 0 Å². The maximum absolute atomic E-state index is 9.75. The van der Waals surface area contributed by atoms with Gasteiger partial charge >= 0.3 is 0 Å². The summed E-state index contributed by atoms with van der Waals surface area (Å²) >= 11 is 0. The number of hydrogen-bond acceptors (Lipinski definition) is 6. The molecule has 1 unspecified atom stereocenters. The Balaban J connectivity index is 1.53. The zero-order valence-corrected chi connectivity index (χ0v) is 15.8. The fourth-order valence-corrected chi connectivity index (χ4v) is 3.53. The lowest BCUT2D eigenvalue weighted by Crippen LogP contribution is -2.22. The molecule has 1 saturated heterocycles. The summed E-state index contributed by atoms with van der Waals surface area (Å²) in [7, 11) is 4.02. The van der Waals surface area contributed by atoms with Crippen LogP contribution in [0.5, 0.6) is 0 Å². The molecule has 1 atom stereocenters. The highest BCUT2D eigenvalue weighted by Crippen LogP contribution is 2.23. The number of para-hydroxylation sites is 1. The third-order valence-electron chi connectivity index (χ3n) is 4.94. The molecule has 4 rings (SSSR count). The van der Waals surface area contributed by atoms with E-state index in [1.807, 2.05) is 55.4 Å². The van der Waals surface area contributed by atoms with E-state index < -0.39 is 0 Å². The van der Waals surface area contributed by atoms with E-state index in [0.29, 0.717) is 6.54 Å². The minimum atomic E-state index is -0.245. The number of benzene rings is 1. The van der Waals surface area contributed by atoms with Crippen molar-refractivity contribution in [3.05, 3.63) is 54.0 Å². The number of pyridine rings is 1. The van der Waals surface area contributed by atoms with E-state index in [-0.39, 0.29) is 6.10 Å². The highest BCUT2D eigenvalue weighted by atomic mass is 16.3. The molecular weight excluding hydrogens is 338 g/mol. The Morgan fingerprint density at radius 2 is 1.89 bits per heavy atom. The fourth-order valence-electron chi connectivity index (χ4n) is 3.53. The van der Waals surface area contributed by atoms with Crippen LogP contribution in [0.15, 0.2) is 42.5 Å². The predicted octanol–water partition coefficient (Wildman–Crippen LogP) is 2.45. The van der Waals surface area contributed by atoms with Gasteiger partial charge in [0, 0.05) is 44.7 Å². The molecule has 3 heterocycles. The highest BCUT2D eigenvalue weighted by molar-refractivity contribution is 5.89. The normalized spacial score (nSPS) is 16.9. The van der Waals surface area contributed by atoms with Crippen molar-refractivity contribution >= 4 is 22.5 Å². The number of aliphatic hydroxyl groups is 1. The van der Waals surface area contributed by atoms with Crippen molar-refractivity contribution in [2.75, 3.05) is 37.0 Å². The number of aromatic nitrogens is 3. The van der Waals surface area contributed by atoms with Crippen LogP contribution in [0.1, 0.15) is 17.9 Å². The number of aliphatic hydroxyl groups excluding tert-OH is 1. The average Bonchev–Trinajstić information content (AvgIpc) is 3.12. The lowest BCUT2D eigenvalue weighted by Gasteiger charge is -2.17. The van der Waals surface area contributed by atoms with E-state index in [4.69, 9.17) is 15.0 Å². The Morgan fingerprint density at radius 1 is 1.04 bits per heavy atom. The first-order chi connectivity index (χ1) is 13.1. The summed E-state index contributed by atoms with van der Waals surface area (Å²) in [6, 6.07) is 14.2. The third kappa shape index (κ3) is 3.85. The second-order valence-corrected chi connectivity index (χ2v) is 7.25. The van der Waals surface area contributed by atoms with Crippen LogP contribution in [0.3, 0.4) is 0 Å². The lowest BCUT2D eigenvalue weighted by molar-refractivity contribution is 0.198. The summed E-state index contributed by atoms with van der Waals surface area (Å²) in [5.41, 5.74) is 2.00. The van der Waals surface area contributed by atoms with E-state index in [2.05, 4.69) is 11.0 Å². The SMILES string of the molecule is CN(C)c1nc(CCc2cccc(N3CCC(O)C3)n2)nc2ccccc12. The van der Waals surface area contributed by atoms with Crippen molar-refractivity contribution in [1.29, 1.82) is 0 Å². The van der Waals surface area contributed by atoms with Gasteiger partial charge in [0.2, 0.25) is 0 Å². The van der Waals surface area contributed by atoms with Crippen LogP contribution in [-0.2, 0) is 12.8 Å². The number of anilines is 2. The summed E-state index contributed by atoms with van der Waals surface area (Å²) in [6.07, 6.45) is 2.09. The zero-order chi connectivity index (χ0) is 18.8. The van der Waals surface area contributed by atoms with Crippen molar-refractivity contribution in [2.24, 2.45) is 0 Å². The van der Waals surface area contributed by atoms with Gasteiger partial charge < -0.3 is 14.9 Å². The third-order valence-corrected chi connectivity index (χ3v) is 4.94. The molecule has 0 radical (unpaired) electrons. The summed E-state index contributed by atoms with van der Waals surface area (Å²) in [5.74, 6) is 2.72. The van der Waals surface area contributed by atoms with Crippen molar-refractivity contribution < 1.29 is 5.11 Å². The van der Waals surface area contributed by atoms with E-state index >= 15 is 0 Å². The second-order valence-electron chi connectivity index (χ2n) is 7.25. The molecule has 1 N–H and O–H groups in total. The summed E-state index contributed by atoms with van der Waals surface area (Å²) < 4.78 is 0. The molecule has 0 saturated carbocycles. The number of aryl methyl sites for hydroxylation is 2. The molecule has 1 fully saturated rings. The summed E-state index contributed by atoms with van der Waals surface area (Å²) in [4.78, 5) is 18.5. The Morgan fingerprint density at radius 3 is 2.67 bits per heavy atom. The molecule has 0 aliphatic carbocycles. The molecular formula is C21H25N5O. The van der Waals surface area contributed by atoms with Crippen molar-refractivity contribution in [3.63, 3.8) is 0 Å². The topological polar surface area (TPSA) is 65.4 Å². The highest BCUT2D eigenvalue weighted by Gasteiger charge is 2.21. The number of β-amino-alcohol motifs (C(OH)–C–C–N with tert-alkyl or cyclic N) is 1. The first-order valence-corrected chi connectivity index (χ1v) is 9.42. The van der Waals surface area contributed by atoms with Crippen LogP contribution in [0.2, 0.25) is 0 Å². The zero-order valence-electron chi connectivity index (χ0n) is 15.8.